The normalized spacial score (nSPS) is 11.0. The summed E-state index contributed by atoms with van der Waals surface area (Å²) in [5.41, 5.74) is 0.931. The fourth-order valence-corrected chi connectivity index (χ4v) is 3.18. The number of nitrogens with one attached hydrogen (secondary N) is 1. The molecule has 0 aliphatic heterocycles. The molecule has 0 atom stereocenters. The number of esters is 1. The van der Waals surface area contributed by atoms with E-state index in [4.69, 9.17) is 4.74 Å². The van der Waals surface area contributed by atoms with Crippen molar-refractivity contribution in [1.82, 2.24) is 4.90 Å². The fraction of sp³-hybridized carbons (Fsp3) is 0.300. The van der Waals surface area contributed by atoms with E-state index >= 15 is 0 Å². The second-order valence-corrected chi connectivity index (χ2v) is 7.09. The van der Waals surface area contributed by atoms with Crippen LogP contribution >= 0.6 is 11.3 Å². The van der Waals surface area contributed by atoms with Gasteiger partial charge in [0.1, 0.15) is 6.61 Å². The summed E-state index contributed by atoms with van der Waals surface area (Å²) in [6.45, 7) is 6.92. The van der Waals surface area contributed by atoms with Gasteiger partial charge in [-0.15, -0.1) is 0 Å². The number of hydrogen-bond donors (Lipinski definition) is 1. The number of amides is 1. The molecule has 154 valence electrons. The number of ether oxygens (including phenoxy) is 1. The highest BCUT2D eigenvalue weighted by atomic mass is 32.1. The molecule has 8 nitrogen and oxygen atoms in total. The molecule has 1 N–H and O–H groups in total. The zero-order valence-corrected chi connectivity index (χ0v) is 17.1. The molecule has 0 saturated heterocycles. The lowest BCUT2D eigenvalue weighted by atomic mass is 10.2. The van der Waals surface area contributed by atoms with Crippen LogP contribution in [0.4, 0.5) is 10.7 Å². The van der Waals surface area contributed by atoms with Gasteiger partial charge in [0, 0.05) is 29.3 Å². The second-order valence-electron chi connectivity index (χ2n) is 6.00. The van der Waals surface area contributed by atoms with Crippen molar-refractivity contribution in [3.8, 4) is 0 Å². The SMILES string of the molecule is CCN(CC)CCOC(=O)c1ccc(NC(=O)/C=C/c2ccc([N+](=O)[O-])s2)cc1. The van der Waals surface area contributed by atoms with E-state index in [1.807, 2.05) is 0 Å². The molecule has 1 heterocycles. The predicted molar refractivity (Wildman–Crippen MR) is 113 cm³/mol. The Kier molecular flexibility index (Phi) is 8.50. The Labute approximate surface area is 172 Å². The Morgan fingerprint density at radius 2 is 1.86 bits per heavy atom. The van der Waals surface area contributed by atoms with Gasteiger partial charge < -0.3 is 15.0 Å². The van der Waals surface area contributed by atoms with Gasteiger partial charge in [-0.1, -0.05) is 25.2 Å². The van der Waals surface area contributed by atoms with E-state index in [1.165, 1.54) is 18.2 Å². The van der Waals surface area contributed by atoms with E-state index < -0.39 is 10.9 Å². The average Bonchev–Trinajstić information content (AvgIpc) is 3.19. The van der Waals surface area contributed by atoms with Gasteiger partial charge in [-0.2, -0.15) is 0 Å². The van der Waals surface area contributed by atoms with Crippen molar-refractivity contribution in [3.63, 3.8) is 0 Å². The van der Waals surface area contributed by atoms with Gasteiger partial charge in [0.05, 0.1) is 10.5 Å². The highest BCUT2D eigenvalue weighted by Gasteiger charge is 2.10. The summed E-state index contributed by atoms with van der Waals surface area (Å²) in [6.07, 6.45) is 2.81. The number of anilines is 1. The van der Waals surface area contributed by atoms with Crippen LogP contribution in [-0.4, -0.2) is 47.9 Å². The van der Waals surface area contributed by atoms with Gasteiger partial charge >= 0.3 is 11.0 Å². The first-order chi connectivity index (χ1) is 13.9. The maximum absolute atomic E-state index is 12.1. The first kappa shape index (κ1) is 22.3. The third kappa shape index (κ3) is 7.13. The smallest absolute Gasteiger partial charge is 0.338 e. The molecular formula is C20H23N3O5S. The van der Waals surface area contributed by atoms with Crippen LogP contribution in [0.3, 0.4) is 0 Å². The minimum Gasteiger partial charge on any atom is -0.461 e. The number of benzene rings is 1. The number of carbonyl (C=O) groups is 2. The third-order valence-corrected chi connectivity index (χ3v) is 5.12. The molecule has 1 amide bonds. The quantitative estimate of drug-likeness (QED) is 0.273. The molecule has 29 heavy (non-hydrogen) atoms. The minimum absolute atomic E-state index is 0.0182. The Morgan fingerprint density at radius 1 is 1.17 bits per heavy atom. The van der Waals surface area contributed by atoms with Crippen LogP contribution in [0.15, 0.2) is 42.5 Å². The van der Waals surface area contributed by atoms with Crippen molar-refractivity contribution in [2.24, 2.45) is 0 Å². The molecule has 1 aromatic carbocycles. The van der Waals surface area contributed by atoms with Crippen molar-refractivity contribution in [2.45, 2.75) is 13.8 Å². The van der Waals surface area contributed by atoms with E-state index in [9.17, 15) is 19.7 Å². The number of likely N-dealkylation sites (N-methyl/N-ethyl adjacent to an activating group) is 1. The van der Waals surface area contributed by atoms with Gasteiger partial charge in [-0.3, -0.25) is 14.9 Å². The molecule has 0 fully saturated rings. The van der Waals surface area contributed by atoms with Gasteiger partial charge in [0.2, 0.25) is 5.91 Å². The van der Waals surface area contributed by atoms with Crippen LogP contribution in [-0.2, 0) is 9.53 Å². The molecule has 9 heteroatoms. The van der Waals surface area contributed by atoms with E-state index in [1.54, 1.807) is 30.3 Å². The Morgan fingerprint density at radius 3 is 2.45 bits per heavy atom. The Balaban J connectivity index is 1.84. The fourth-order valence-electron chi connectivity index (χ4n) is 2.45. The molecule has 1 aromatic heterocycles. The molecule has 0 bridgehead atoms. The van der Waals surface area contributed by atoms with E-state index in [0.29, 0.717) is 29.3 Å². The summed E-state index contributed by atoms with van der Waals surface area (Å²) in [5, 5.41) is 13.3. The summed E-state index contributed by atoms with van der Waals surface area (Å²) in [4.78, 5) is 37.0. The molecule has 0 unspecified atom stereocenters. The summed E-state index contributed by atoms with van der Waals surface area (Å²) >= 11 is 0.985. The zero-order valence-electron chi connectivity index (χ0n) is 16.3. The maximum Gasteiger partial charge on any atom is 0.338 e. The van der Waals surface area contributed by atoms with Crippen LogP contribution in [0.25, 0.3) is 6.08 Å². The van der Waals surface area contributed by atoms with E-state index in [0.717, 1.165) is 24.4 Å². The summed E-state index contributed by atoms with van der Waals surface area (Å²) in [5.74, 6) is -0.787. The van der Waals surface area contributed by atoms with Gasteiger partial charge in [-0.05, 0) is 49.5 Å². The number of hydrogen-bond acceptors (Lipinski definition) is 7. The van der Waals surface area contributed by atoms with E-state index in [2.05, 4.69) is 24.1 Å². The van der Waals surface area contributed by atoms with Crippen LogP contribution in [0.5, 0.6) is 0 Å². The van der Waals surface area contributed by atoms with Crippen LogP contribution in [0.2, 0.25) is 0 Å². The number of thiophene rings is 1. The monoisotopic (exact) mass is 417 g/mol. The van der Waals surface area contributed by atoms with Crippen molar-refractivity contribution in [1.29, 1.82) is 0 Å². The number of nitro groups is 1. The number of carbonyl (C=O) groups excluding carboxylic acids is 2. The standard InChI is InChI=1S/C20H23N3O5S/c1-3-22(4-2)13-14-28-20(25)15-5-7-16(8-6-15)21-18(24)11-9-17-10-12-19(29-17)23(26)27/h5-12H,3-4,13-14H2,1-2H3,(H,21,24)/b11-9+. The first-order valence-corrected chi connectivity index (χ1v) is 9.97. The second kappa shape index (κ2) is 11.1. The molecule has 2 aromatic rings. The lowest BCUT2D eigenvalue weighted by Crippen LogP contribution is -2.27. The Bertz CT molecular complexity index is 872. The number of rotatable bonds is 10. The molecule has 0 radical (unpaired) electrons. The van der Waals surface area contributed by atoms with Crippen LogP contribution in [0.1, 0.15) is 29.1 Å². The van der Waals surface area contributed by atoms with Crippen molar-refractivity contribution in [2.75, 3.05) is 31.6 Å². The van der Waals surface area contributed by atoms with Gasteiger partial charge in [0.15, 0.2) is 0 Å². The molecule has 0 aliphatic rings. The third-order valence-electron chi connectivity index (χ3n) is 4.11. The summed E-state index contributed by atoms with van der Waals surface area (Å²) in [6, 6.07) is 9.37. The molecule has 0 saturated carbocycles. The minimum atomic E-state index is -0.474. The van der Waals surface area contributed by atoms with Crippen molar-refractivity contribution >= 4 is 40.0 Å². The summed E-state index contributed by atoms with van der Waals surface area (Å²) < 4.78 is 5.26. The average molecular weight is 417 g/mol. The zero-order chi connectivity index (χ0) is 21.2. The first-order valence-electron chi connectivity index (χ1n) is 9.15. The highest BCUT2D eigenvalue weighted by molar-refractivity contribution is 7.16. The van der Waals surface area contributed by atoms with Crippen molar-refractivity contribution < 1.29 is 19.2 Å². The highest BCUT2D eigenvalue weighted by Crippen LogP contribution is 2.24. The maximum atomic E-state index is 12.1. The molecule has 0 spiro atoms. The van der Waals surface area contributed by atoms with Crippen molar-refractivity contribution in [3.05, 3.63) is 63.0 Å². The van der Waals surface area contributed by atoms with Gasteiger partial charge in [0.25, 0.3) is 0 Å². The van der Waals surface area contributed by atoms with Crippen LogP contribution < -0.4 is 5.32 Å². The van der Waals surface area contributed by atoms with Gasteiger partial charge in [-0.25, -0.2) is 4.79 Å². The lowest BCUT2D eigenvalue weighted by molar-refractivity contribution is -0.380. The lowest BCUT2D eigenvalue weighted by Gasteiger charge is -2.17. The predicted octanol–water partition coefficient (Wildman–Crippen LogP) is 3.81. The Hall–Kier alpha value is -3.04. The topological polar surface area (TPSA) is 102 Å². The van der Waals surface area contributed by atoms with Crippen LogP contribution in [0, 0.1) is 10.1 Å². The molecular weight excluding hydrogens is 394 g/mol. The number of nitrogens with zero attached hydrogens (tertiary/aromatic N) is 2. The largest absolute Gasteiger partial charge is 0.461 e. The summed E-state index contributed by atoms with van der Waals surface area (Å²) in [7, 11) is 0. The molecule has 2 rings (SSSR count). The van der Waals surface area contributed by atoms with E-state index in [-0.39, 0.29) is 10.9 Å². The molecule has 0 aliphatic carbocycles.